The normalized spacial score (nSPS) is 10.2. The van der Waals surface area contributed by atoms with Gasteiger partial charge in [0, 0.05) is 15.7 Å². The van der Waals surface area contributed by atoms with E-state index in [1.807, 2.05) is 19.1 Å². The topological polar surface area (TPSA) is 57.6 Å². The van der Waals surface area contributed by atoms with E-state index in [1.54, 1.807) is 36.4 Å². The molecular weight excluding hydrogens is 334 g/mol. The number of nitrogens with zero attached hydrogens (tertiary/aromatic N) is 1. The molecule has 0 aliphatic rings. The lowest BCUT2D eigenvalue weighted by Gasteiger charge is -2.21. The summed E-state index contributed by atoms with van der Waals surface area (Å²) in [4.78, 5) is 25.0. The first-order valence-electron chi connectivity index (χ1n) is 6.34. The number of amides is 1. The number of hydrogen-bond donors (Lipinski definition) is 1. The first-order valence-corrected chi connectivity index (χ1v) is 7.13. The van der Waals surface area contributed by atoms with Gasteiger partial charge in [-0.2, -0.15) is 0 Å². The number of benzene rings is 2. The van der Waals surface area contributed by atoms with Gasteiger partial charge < -0.3 is 5.11 Å². The third-order valence-corrected chi connectivity index (χ3v) is 3.52. The van der Waals surface area contributed by atoms with Gasteiger partial charge in [0.1, 0.15) is 6.54 Å². The van der Waals surface area contributed by atoms with E-state index in [4.69, 9.17) is 5.11 Å². The van der Waals surface area contributed by atoms with Crippen molar-refractivity contribution in [3.63, 3.8) is 0 Å². The summed E-state index contributed by atoms with van der Waals surface area (Å²) < 4.78 is 0.876. The summed E-state index contributed by atoms with van der Waals surface area (Å²) in [6, 6.07) is 14.1. The number of aryl methyl sites for hydroxylation is 1. The lowest BCUT2D eigenvalue weighted by Crippen LogP contribution is -2.36. The van der Waals surface area contributed by atoms with Gasteiger partial charge in [-0.05, 0) is 42.8 Å². The molecular formula is C16H14BrNO3. The molecule has 0 aliphatic carbocycles. The van der Waals surface area contributed by atoms with Crippen molar-refractivity contribution >= 4 is 33.5 Å². The zero-order chi connectivity index (χ0) is 15.4. The van der Waals surface area contributed by atoms with Crippen LogP contribution in [0.2, 0.25) is 0 Å². The highest BCUT2D eigenvalue weighted by atomic mass is 79.9. The fourth-order valence-electron chi connectivity index (χ4n) is 2.04. The van der Waals surface area contributed by atoms with Crippen molar-refractivity contribution in [1.29, 1.82) is 0 Å². The maximum atomic E-state index is 12.7. The predicted molar refractivity (Wildman–Crippen MR) is 84.6 cm³/mol. The molecule has 5 heteroatoms. The summed E-state index contributed by atoms with van der Waals surface area (Å²) in [5.41, 5.74) is 1.84. The Morgan fingerprint density at radius 1 is 1.14 bits per heavy atom. The molecule has 2 aromatic rings. The van der Waals surface area contributed by atoms with E-state index in [-0.39, 0.29) is 12.5 Å². The highest BCUT2D eigenvalue weighted by Crippen LogP contribution is 2.21. The number of anilines is 1. The van der Waals surface area contributed by atoms with Crippen molar-refractivity contribution in [2.75, 3.05) is 11.4 Å². The van der Waals surface area contributed by atoms with Gasteiger partial charge >= 0.3 is 5.97 Å². The largest absolute Gasteiger partial charge is 0.480 e. The van der Waals surface area contributed by atoms with E-state index >= 15 is 0 Å². The van der Waals surface area contributed by atoms with Crippen LogP contribution in [-0.2, 0) is 4.79 Å². The number of carbonyl (C=O) groups excluding carboxylic acids is 1. The molecule has 2 aromatic carbocycles. The highest BCUT2D eigenvalue weighted by molar-refractivity contribution is 9.10. The fraction of sp³-hybridized carbons (Fsp3) is 0.125. The SMILES string of the molecule is Cc1cc(Br)ccc1C(=O)N(CC(=O)O)c1ccccc1. The van der Waals surface area contributed by atoms with Gasteiger partial charge in [-0.25, -0.2) is 0 Å². The van der Waals surface area contributed by atoms with Gasteiger partial charge in [-0.15, -0.1) is 0 Å². The summed E-state index contributed by atoms with van der Waals surface area (Å²) in [6.45, 7) is 1.44. The van der Waals surface area contributed by atoms with Crippen molar-refractivity contribution in [3.05, 3.63) is 64.1 Å². The third-order valence-electron chi connectivity index (χ3n) is 3.03. The quantitative estimate of drug-likeness (QED) is 0.920. The number of rotatable bonds is 4. The average molecular weight is 348 g/mol. The molecule has 0 saturated heterocycles. The minimum Gasteiger partial charge on any atom is -0.480 e. The van der Waals surface area contributed by atoms with Crippen molar-refractivity contribution in [3.8, 4) is 0 Å². The number of hydrogen-bond acceptors (Lipinski definition) is 2. The second kappa shape index (κ2) is 6.54. The Morgan fingerprint density at radius 3 is 2.38 bits per heavy atom. The number of para-hydroxylation sites is 1. The molecule has 0 radical (unpaired) electrons. The van der Waals surface area contributed by atoms with E-state index in [1.165, 1.54) is 4.90 Å². The second-order valence-electron chi connectivity index (χ2n) is 4.58. The molecule has 2 rings (SSSR count). The van der Waals surface area contributed by atoms with Crippen LogP contribution in [0.25, 0.3) is 0 Å². The van der Waals surface area contributed by atoms with Gasteiger partial charge in [0.15, 0.2) is 0 Å². The van der Waals surface area contributed by atoms with E-state index < -0.39 is 5.97 Å². The molecule has 0 bridgehead atoms. The van der Waals surface area contributed by atoms with Gasteiger partial charge in [-0.3, -0.25) is 14.5 Å². The van der Waals surface area contributed by atoms with Crippen LogP contribution < -0.4 is 4.90 Å². The summed E-state index contributed by atoms with van der Waals surface area (Å²) in [6.07, 6.45) is 0. The van der Waals surface area contributed by atoms with Crippen LogP contribution in [-0.4, -0.2) is 23.5 Å². The molecule has 0 aromatic heterocycles. The lowest BCUT2D eigenvalue weighted by atomic mass is 10.1. The van der Waals surface area contributed by atoms with E-state index in [2.05, 4.69) is 15.9 Å². The van der Waals surface area contributed by atoms with Crippen molar-refractivity contribution in [2.45, 2.75) is 6.92 Å². The van der Waals surface area contributed by atoms with Crippen LogP contribution in [0.5, 0.6) is 0 Å². The first kappa shape index (κ1) is 15.3. The number of carbonyl (C=O) groups is 2. The standard InChI is InChI=1S/C16H14BrNO3/c1-11-9-12(17)7-8-14(11)16(21)18(10-15(19)20)13-5-3-2-4-6-13/h2-9H,10H2,1H3,(H,19,20). The van der Waals surface area contributed by atoms with E-state index in [9.17, 15) is 9.59 Å². The summed E-state index contributed by atoms with van der Waals surface area (Å²) in [7, 11) is 0. The monoisotopic (exact) mass is 347 g/mol. The molecule has 0 saturated carbocycles. The highest BCUT2D eigenvalue weighted by Gasteiger charge is 2.21. The molecule has 0 heterocycles. The number of aliphatic carboxylic acids is 1. The maximum Gasteiger partial charge on any atom is 0.323 e. The smallest absolute Gasteiger partial charge is 0.323 e. The Kier molecular flexibility index (Phi) is 4.75. The molecule has 0 fully saturated rings. The summed E-state index contributed by atoms with van der Waals surface area (Å²) in [5, 5.41) is 9.05. The molecule has 1 N–H and O–H groups in total. The van der Waals surface area contributed by atoms with Crippen molar-refractivity contribution < 1.29 is 14.7 Å². The minimum atomic E-state index is -1.05. The van der Waals surface area contributed by atoms with Crippen LogP contribution in [0.1, 0.15) is 15.9 Å². The van der Waals surface area contributed by atoms with Crippen molar-refractivity contribution in [1.82, 2.24) is 0 Å². The van der Waals surface area contributed by atoms with Crippen molar-refractivity contribution in [2.24, 2.45) is 0 Å². The number of carboxylic acids is 1. The van der Waals surface area contributed by atoms with Gasteiger partial charge in [0.2, 0.25) is 0 Å². The first-order chi connectivity index (χ1) is 9.99. The van der Waals surface area contributed by atoms with Gasteiger partial charge in [0.05, 0.1) is 0 Å². The molecule has 21 heavy (non-hydrogen) atoms. The Balaban J connectivity index is 2.41. The predicted octanol–water partition coefficient (Wildman–Crippen LogP) is 3.49. The number of halogens is 1. The van der Waals surface area contributed by atoms with Gasteiger partial charge in [-0.1, -0.05) is 34.1 Å². The second-order valence-corrected chi connectivity index (χ2v) is 5.50. The summed E-state index contributed by atoms with van der Waals surface area (Å²) >= 11 is 3.35. The van der Waals surface area contributed by atoms with E-state index in [0.717, 1.165) is 10.0 Å². The van der Waals surface area contributed by atoms with E-state index in [0.29, 0.717) is 11.3 Å². The van der Waals surface area contributed by atoms with Crippen LogP contribution in [0.3, 0.4) is 0 Å². The Hall–Kier alpha value is -2.14. The Labute approximate surface area is 131 Å². The molecule has 108 valence electrons. The molecule has 0 atom stereocenters. The molecule has 4 nitrogen and oxygen atoms in total. The zero-order valence-corrected chi connectivity index (χ0v) is 13.0. The Morgan fingerprint density at radius 2 is 1.81 bits per heavy atom. The molecule has 0 aliphatic heterocycles. The Bertz CT molecular complexity index is 670. The number of carboxylic acid groups (broad SMARTS) is 1. The zero-order valence-electron chi connectivity index (χ0n) is 11.4. The van der Waals surface area contributed by atoms with Crippen LogP contribution in [0.15, 0.2) is 53.0 Å². The van der Waals surface area contributed by atoms with Crippen LogP contribution in [0.4, 0.5) is 5.69 Å². The molecule has 0 spiro atoms. The third kappa shape index (κ3) is 3.70. The van der Waals surface area contributed by atoms with Gasteiger partial charge in [0.25, 0.3) is 5.91 Å². The summed E-state index contributed by atoms with van der Waals surface area (Å²) in [5.74, 6) is -1.38. The van der Waals surface area contributed by atoms with Crippen LogP contribution >= 0.6 is 15.9 Å². The molecule has 0 unspecified atom stereocenters. The molecule has 1 amide bonds. The minimum absolute atomic E-state index is 0.325. The maximum absolute atomic E-state index is 12.7. The van der Waals surface area contributed by atoms with Crippen LogP contribution in [0, 0.1) is 6.92 Å². The average Bonchev–Trinajstić information content (AvgIpc) is 2.45. The lowest BCUT2D eigenvalue weighted by molar-refractivity contribution is -0.135. The fourth-order valence-corrected chi connectivity index (χ4v) is 2.51.